The summed E-state index contributed by atoms with van der Waals surface area (Å²) in [7, 11) is 1.65. The van der Waals surface area contributed by atoms with Crippen molar-refractivity contribution in [1.29, 1.82) is 0 Å². The molecule has 1 atom stereocenters. The Morgan fingerprint density at radius 3 is 2.38 bits per heavy atom. The fraction of sp³-hybridized carbons (Fsp3) is 0.304. The minimum atomic E-state index is -0.774. The molecule has 0 radical (unpaired) electrons. The summed E-state index contributed by atoms with van der Waals surface area (Å²) < 4.78 is 10.6. The molecule has 6 heteroatoms. The summed E-state index contributed by atoms with van der Waals surface area (Å²) in [5.41, 5.74) is 11.3. The predicted molar refractivity (Wildman–Crippen MR) is 115 cm³/mol. The topological polar surface area (TPSA) is 94.4 Å². The van der Waals surface area contributed by atoms with E-state index < -0.39 is 6.09 Å². The molecule has 3 aromatic rings. The number of pyridine rings is 1. The van der Waals surface area contributed by atoms with Crippen molar-refractivity contribution in [2.24, 2.45) is 5.73 Å². The van der Waals surface area contributed by atoms with Crippen LogP contribution >= 0.6 is 0 Å². The van der Waals surface area contributed by atoms with E-state index in [0.29, 0.717) is 5.56 Å². The van der Waals surface area contributed by atoms with Gasteiger partial charge in [0.2, 0.25) is 0 Å². The average molecular weight is 394 g/mol. The van der Waals surface area contributed by atoms with Gasteiger partial charge < -0.3 is 20.2 Å². The molecular formula is C23H26N2O4. The first kappa shape index (κ1) is 20.5. The molecule has 1 amide bonds. The predicted octanol–water partition coefficient (Wildman–Crippen LogP) is 4.33. The number of aromatic amines is 1. The number of rotatable bonds is 5. The van der Waals surface area contributed by atoms with Gasteiger partial charge in [-0.1, -0.05) is 31.2 Å². The smallest absolute Gasteiger partial charge is 0.404 e. The van der Waals surface area contributed by atoms with Crippen LogP contribution in [-0.2, 0) is 4.74 Å². The van der Waals surface area contributed by atoms with Crippen LogP contribution in [0.2, 0.25) is 0 Å². The summed E-state index contributed by atoms with van der Waals surface area (Å²) >= 11 is 0. The molecule has 2 aromatic carbocycles. The Labute approximate surface area is 169 Å². The molecule has 0 saturated heterocycles. The van der Waals surface area contributed by atoms with Crippen LogP contribution in [0.25, 0.3) is 22.0 Å². The molecule has 0 aliphatic heterocycles. The van der Waals surface area contributed by atoms with E-state index in [1.54, 1.807) is 7.11 Å². The molecule has 29 heavy (non-hydrogen) atoms. The quantitative estimate of drug-likeness (QED) is 0.673. The number of primary amides is 1. The van der Waals surface area contributed by atoms with Gasteiger partial charge in [0.1, 0.15) is 5.75 Å². The fourth-order valence-corrected chi connectivity index (χ4v) is 3.62. The summed E-state index contributed by atoms with van der Waals surface area (Å²) in [5, 5.41) is 0.983. The van der Waals surface area contributed by atoms with E-state index in [4.69, 9.17) is 15.2 Å². The van der Waals surface area contributed by atoms with Crippen molar-refractivity contribution >= 4 is 17.0 Å². The van der Waals surface area contributed by atoms with E-state index in [-0.39, 0.29) is 18.1 Å². The molecule has 0 fully saturated rings. The van der Waals surface area contributed by atoms with Gasteiger partial charge in [-0.2, -0.15) is 0 Å². The second-order valence-corrected chi connectivity index (χ2v) is 7.38. The van der Waals surface area contributed by atoms with Gasteiger partial charge in [-0.05, 0) is 49.1 Å². The highest BCUT2D eigenvalue weighted by Crippen LogP contribution is 2.40. The summed E-state index contributed by atoms with van der Waals surface area (Å²) in [6.45, 7) is 7.95. The van der Waals surface area contributed by atoms with Crippen molar-refractivity contribution in [1.82, 2.24) is 4.98 Å². The molecule has 152 valence electrons. The molecule has 1 heterocycles. The normalized spacial score (nSPS) is 12.0. The maximum atomic E-state index is 12.3. The van der Waals surface area contributed by atoms with Gasteiger partial charge in [-0.3, -0.25) is 4.79 Å². The number of fused-ring (bicyclic) bond motifs is 1. The highest BCUT2D eigenvalue weighted by atomic mass is 16.5. The van der Waals surface area contributed by atoms with Gasteiger partial charge in [-0.15, -0.1) is 0 Å². The van der Waals surface area contributed by atoms with Crippen LogP contribution in [0, 0.1) is 20.8 Å². The number of aryl methyl sites for hydroxylation is 2. The molecule has 1 unspecified atom stereocenters. The lowest BCUT2D eigenvalue weighted by Crippen LogP contribution is -2.16. The highest BCUT2D eigenvalue weighted by Gasteiger charge is 2.18. The molecule has 1 aromatic heterocycles. The first-order valence-electron chi connectivity index (χ1n) is 9.48. The summed E-state index contributed by atoms with van der Waals surface area (Å²) in [6.07, 6.45) is -0.774. The summed E-state index contributed by atoms with van der Waals surface area (Å²) in [6, 6.07) is 9.98. The zero-order valence-corrected chi connectivity index (χ0v) is 17.4. The first-order valence-corrected chi connectivity index (χ1v) is 9.48. The Bertz CT molecular complexity index is 1130. The number of nitrogens with two attached hydrogens (primary N) is 1. The number of carbonyl (C=O) groups is 1. The monoisotopic (exact) mass is 394 g/mol. The third-order valence-electron chi connectivity index (χ3n) is 5.47. The molecule has 3 rings (SSSR count). The zero-order valence-electron chi connectivity index (χ0n) is 17.4. The number of amides is 1. The molecular weight excluding hydrogens is 368 g/mol. The Kier molecular flexibility index (Phi) is 5.64. The van der Waals surface area contributed by atoms with Crippen molar-refractivity contribution in [3.05, 3.63) is 62.9 Å². The maximum absolute atomic E-state index is 12.3. The highest BCUT2D eigenvalue weighted by molar-refractivity contribution is 6.02. The van der Waals surface area contributed by atoms with Gasteiger partial charge in [0, 0.05) is 22.4 Å². The van der Waals surface area contributed by atoms with Crippen molar-refractivity contribution in [2.75, 3.05) is 13.7 Å². The average Bonchev–Trinajstić information content (AvgIpc) is 2.70. The Morgan fingerprint density at radius 2 is 1.79 bits per heavy atom. The minimum absolute atomic E-state index is 0.0218. The van der Waals surface area contributed by atoms with Gasteiger partial charge in [0.05, 0.1) is 19.2 Å². The largest absolute Gasteiger partial charge is 0.496 e. The second kappa shape index (κ2) is 7.99. The first-order chi connectivity index (χ1) is 13.7. The van der Waals surface area contributed by atoms with E-state index >= 15 is 0 Å². The maximum Gasteiger partial charge on any atom is 0.404 e. The molecule has 0 aliphatic carbocycles. The third-order valence-corrected chi connectivity index (χ3v) is 5.47. The number of hydrogen-bond acceptors (Lipinski definition) is 4. The number of ether oxygens (including phenoxy) is 2. The van der Waals surface area contributed by atoms with Gasteiger partial charge in [0.15, 0.2) is 0 Å². The summed E-state index contributed by atoms with van der Waals surface area (Å²) in [4.78, 5) is 26.2. The van der Waals surface area contributed by atoms with Crippen molar-refractivity contribution in [2.45, 2.75) is 33.6 Å². The Morgan fingerprint density at radius 1 is 1.14 bits per heavy atom. The molecule has 6 nitrogen and oxygen atoms in total. The van der Waals surface area contributed by atoms with Crippen LogP contribution < -0.4 is 16.0 Å². The van der Waals surface area contributed by atoms with Crippen LogP contribution in [0.5, 0.6) is 5.75 Å². The van der Waals surface area contributed by atoms with Crippen molar-refractivity contribution in [3.8, 4) is 16.9 Å². The number of carbonyl (C=O) groups excluding carboxylic acids is 1. The van der Waals surface area contributed by atoms with Gasteiger partial charge in [-0.25, -0.2) is 4.79 Å². The van der Waals surface area contributed by atoms with E-state index in [1.807, 2.05) is 58.0 Å². The lowest BCUT2D eigenvalue weighted by molar-refractivity contribution is 0.151. The SMILES string of the molecule is COc1cc(C)c2[nH]c(=O)c(C)c(C)c2c1-c1ccc(C(C)COC(N)=O)cc1. The fourth-order valence-electron chi connectivity index (χ4n) is 3.62. The minimum Gasteiger partial charge on any atom is -0.496 e. The van der Waals surface area contributed by atoms with E-state index in [0.717, 1.165) is 44.5 Å². The van der Waals surface area contributed by atoms with Crippen LogP contribution in [-0.4, -0.2) is 24.8 Å². The van der Waals surface area contributed by atoms with Crippen LogP contribution in [0.4, 0.5) is 4.79 Å². The van der Waals surface area contributed by atoms with Crippen LogP contribution in [0.3, 0.4) is 0 Å². The van der Waals surface area contributed by atoms with E-state index in [2.05, 4.69) is 4.98 Å². The Balaban J connectivity index is 2.16. The number of aromatic nitrogens is 1. The van der Waals surface area contributed by atoms with Crippen molar-refractivity contribution in [3.63, 3.8) is 0 Å². The Hall–Kier alpha value is -3.28. The zero-order chi connectivity index (χ0) is 21.3. The standard InChI is InChI=1S/C23H26N2O4/c1-12-10-18(28-5)20(19-14(3)15(4)22(26)25-21(12)19)17-8-6-16(7-9-17)13(2)11-29-23(24)27/h6-10,13H,11H2,1-5H3,(H2,24,27)(H,25,26). The number of hydrogen-bond donors (Lipinski definition) is 2. The van der Waals surface area contributed by atoms with Gasteiger partial charge >= 0.3 is 6.09 Å². The molecule has 0 bridgehead atoms. The van der Waals surface area contributed by atoms with Crippen LogP contribution in [0.1, 0.15) is 35.1 Å². The lowest BCUT2D eigenvalue weighted by Gasteiger charge is -2.18. The van der Waals surface area contributed by atoms with E-state index in [9.17, 15) is 9.59 Å². The van der Waals surface area contributed by atoms with E-state index in [1.165, 1.54) is 0 Å². The third kappa shape index (κ3) is 3.83. The van der Waals surface area contributed by atoms with Crippen LogP contribution in [0.15, 0.2) is 35.1 Å². The molecule has 0 saturated carbocycles. The van der Waals surface area contributed by atoms with Crippen molar-refractivity contribution < 1.29 is 14.3 Å². The van der Waals surface area contributed by atoms with Gasteiger partial charge in [0.25, 0.3) is 5.56 Å². The second-order valence-electron chi connectivity index (χ2n) is 7.38. The number of methoxy groups -OCH3 is 1. The molecule has 0 spiro atoms. The summed E-state index contributed by atoms with van der Waals surface area (Å²) in [5.74, 6) is 0.774. The number of nitrogens with one attached hydrogen (secondary N) is 1. The number of H-pyrrole nitrogens is 1. The lowest BCUT2D eigenvalue weighted by atomic mass is 9.91. The molecule has 0 aliphatic rings. The number of benzene rings is 2. The molecule has 3 N–H and O–H groups in total.